The van der Waals surface area contributed by atoms with E-state index in [1.807, 2.05) is 42.0 Å². The third-order valence-corrected chi connectivity index (χ3v) is 4.46. The average molecular weight is 335 g/mol. The quantitative estimate of drug-likeness (QED) is 0.622. The summed E-state index contributed by atoms with van der Waals surface area (Å²) < 4.78 is 2.87. The smallest absolute Gasteiger partial charge is 0.255 e. The number of aromatic nitrogens is 4. The van der Waals surface area contributed by atoms with Crippen molar-refractivity contribution in [2.24, 2.45) is 0 Å². The van der Waals surface area contributed by atoms with E-state index >= 15 is 0 Å². The minimum Gasteiger partial charge on any atom is -0.321 e. The minimum absolute atomic E-state index is 0.168. The lowest BCUT2D eigenvalue weighted by molar-refractivity contribution is 0.102. The highest BCUT2D eigenvalue weighted by Crippen LogP contribution is 2.20. The molecule has 0 bridgehead atoms. The van der Waals surface area contributed by atoms with Crippen molar-refractivity contribution in [3.05, 3.63) is 65.8 Å². The lowest BCUT2D eigenvalue weighted by atomic mass is 10.2. The second-order valence-electron chi connectivity index (χ2n) is 5.24. The van der Waals surface area contributed by atoms with Gasteiger partial charge >= 0.3 is 0 Å². The Morgan fingerprint density at radius 3 is 2.83 bits per heavy atom. The summed E-state index contributed by atoms with van der Waals surface area (Å²) in [5.41, 5.74) is 3.91. The van der Waals surface area contributed by atoms with E-state index in [9.17, 15) is 4.79 Å². The van der Waals surface area contributed by atoms with Crippen LogP contribution in [0.25, 0.3) is 16.0 Å². The predicted molar refractivity (Wildman–Crippen MR) is 93.7 cm³/mol. The Hall–Kier alpha value is -3.06. The molecule has 3 aromatic heterocycles. The van der Waals surface area contributed by atoms with Crippen molar-refractivity contribution in [2.75, 3.05) is 5.32 Å². The first-order valence-electron chi connectivity index (χ1n) is 7.32. The fourth-order valence-corrected chi connectivity index (χ4v) is 3.14. The Kier molecular flexibility index (Phi) is 3.55. The maximum Gasteiger partial charge on any atom is 0.255 e. The second kappa shape index (κ2) is 5.86. The molecule has 118 valence electrons. The molecule has 1 N–H and O–H groups in total. The molecule has 0 radical (unpaired) electrons. The first kappa shape index (κ1) is 14.5. The molecule has 0 aliphatic heterocycles. The van der Waals surface area contributed by atoms with Crippen molar-refractivity contribution in [3.8, 4) is 5.82 Å². The van der Waals surface area contributed by atoms with Gasteiger partial charge in [-0.1, -0.05) is 0 Å². The molecular weight excluding hydrogens is 322 g/mol. The number of hydrogen-bond acceptors (Lipinski definition) is 5. The van der Waals surface area contributed by atoms with Gasteiger partial charge < -0.3 is 5.32 Å². The van der Waals surface area contributed by atoms with Gasteiger partial charge in [0.05, 0.1) is 27.6 Å². The number of fused-ring (bicyclic) bond motifs is 1. The number of rotatable bonds is 3. The minimum atomic E-state index is -0.168. The Morgan fingerprint density at radius 2 is 2.08 bits per heavy atom. The van der Waals surface area contributed by atoms with Gasteiger partial charge in [-0.2, -0.15) is 0 Å². The summed E-state index contributed by atoms with van der Waals surface area (Å²) in [4.78, 5) is 25.1. The van der Waals surface area contributed by atoms with Crippen LogP contribution in [0.2, 0.25) is 0 Å². The van der Waals surface area contributed by atoms with Gasteiger partial charge in [0.2, 0.25) is 0 Å². The molecule has 0 saturated heterocycles. The number of hydrogen-bond donors (Lipinski definition) is 1. The van der Waals surface area contributed by atoms with Crippen LogP contribution in [0.4, 0.5) is 5.69 Å². The molecule has 0 fully saturated rings. The lowest BCUT2D eigenvalue weighted by Crippen LogP contribution is -2.12. The molecule has 1 aromatic carbocycles. The largest absolute Gasteiger partial charge is 0.321 e. The summed E-state index contributed by atoms with van der Waals surface area (Å²) in [5, 5.41) is 2.86. The number of nitrogens with one attached hydrogen (secondary N) is 1. The molecule has 24 heavy (non-hydrogen) atoms. The first-order valence-corrected chi connectivity index (χ1v) is 8.20. The van der Waals surface area contributed by atoms with Gasteiger partial charge in [0.15, 0.2) is 0 Å². The SMILES string of the molecule is Cc1nccn1-c1ccc(NC(=O)c2ccc3ncsc3c2)cn1. The number of aryl methyl sites for hydroxylation is 1. The Labute approximate surface area is 141 Å². The standard InChI is InChI=1S/C17H13N5OS/c1-11-18-6-7-22(11)16-5-3-13(9-19-16)21-17(23)12-2-4-14-15(8-12)24-10-20-14/h2-10H,1H3,(H,21,23). The van der Waals surface area contributed by atoms with Crippen molar-refractivity contribution in [3.63, 3.8) is 0 Å². The molecule has 3 heterocycles. The number of anilines is 1. The van der Waals surface area contributed by atoms with E-state index in [0.717, 1.165) is 21.9 Å². The van der Waals surface area contributed by atoms with Crippen LogP contribution in [-0.4, -0.2) is 25.4 Å². The topological polar surface area (TPSA) is 72.7 Å². The van der Waals surface area contributed by atoms with Crippen LogP contribution in [0.5, 0.6) is 0 Å². The molecule has 0 spiro atoms. The number of carbonyl (C=O) groups is 1. The van der Waals surface area contributed by atoms with Crippen molar-refractivity contribution in [1.82, 2.24) is 19.5 Å². The first-order chi connectivity index (χ1) is 11.7. The third kappa shape index (κ3) is 2.65. The van der Waals surface area contributed by atoms with Crippen molar-refractivity contribution in [1.29, 1.82) is 0 Å². The zero-order chi connectivity index (χ0) is 16.5. The van der Waals surface area contributed by atoms with E-state index in [2.05, 4.69) is 20.3 Å². The molecule has 4 aromatic rings. The Bertz CT molecular complexity index is 1020. The van der Waals surface area contributed by atoms with Crippen molar-refractivity contribution in [2.45, 2.75) is 6.92 Å². The molecule has 7 heteroatoms. The molecule has 0 aliphatic rings. The molecule has 0 aliphatic carbocycles. The maximum atomic E-state index is 12.4. The summed E-state index contributed by atoms with van der Waals surface area (Å²) in [6.07, 6.45) is 5.21. The summed E-state index contributed by atoms with van der Waals surface area (Å²) in [5.74, 6) is 1.45. The van der Waals surface area contributed by atoms with Gasteiger partial charge in [-0.25, -0.2) is 15.0 Å². The van der Waals surface area contributed by atoms with Gasteiger partial charge in [0, 0.05) is 18.0 Å². The highest BCUT2D eigenvalue weighted by molar-refractivity contribution is 7.16. The number of benzene rings is 1. The van der Waals surface area contributed by atoms with E-state index in [-0.39, 0.29) is 5.91 Å². The number of amides is 1. The maximum absolute atomic E-state index is 12.4. The van der Waals surface area contributed by atoms with Crippen LogP contribution < -0.4 is 5.32 Å². The highest BCUT2D eigenvalue weighted by Gasteiger charge is 2.09. The average Bonchev–Trinajstić information content (AvgIpc) is 3.23. The number of carbonyl (C=O) groups excluding carboxylic acids is 1. The van der Waals surface area contributed by atoms with Crippen LogP contribution in [-0.2, 0) is 0 Å². The lowest BCUT2D eigenvalue weighted by Gasteiger charge is -2.07. The van der Waals surface area contributed by atoms with Crippen molar-refractivity contribution >= 4 is 33.1 Å². The summed E-state index contributed by atoms with van der Waals surface area (Å²) >= 11 is 1.51. The van der Waals surface area contributed by atoms with Crippen LogP contribution in [0, 0.1) is 6.92 Å². The molecule has 0 saturated carbocycles. The van der Waals surface area contributed by atoms with E-state index < -0.39 is 0 Å². The zero-order valence-corrected chi connectivity index (χ0v) is 13.6. The normalized spacial score (nSPS) is 10.9. The fraction of sp³-hybridized carbons (Fsp3) is 0.0588. The number of thiazole rings is 1. The molecule has 1 amide bonds. The molecule has 6 nitrogen and oxygen atoms in total. The van der Waals surface area contributed by atoms with E-state index in [1.165, 1.54) is 11.3 Å². The monoisotopic (exact) mass is 335 g/mol. The molecule has 0 atom stereocenters. The summed E-state index contributed by atoms with van der Waals surface area (Å²) in [6, 6.07) is 9.14. The van der Waals surface area contributed by atoms with E-state index in [1.54, 1.807) is 24.0 Å². The van der Waals surface area contributed by atoms with Gasteiger partial charge in [-0.15, -0.1) is 11.3 Å². The predicted octanol–water partition coefficient (Wildman–Crippen LogP) is 3.44. The molecule has 4 rings (SSSR count). The van der Waals surface area contributed by atoms with E-state index in [0.29, 0.717) is 11.3 Å². The number of nitrogens with zero attached hydrogens (tertiary/aromatic N) is 4. The van der Waals surface area contributed by atoms with Crippen LogP contribution in [0.15, 0.2) is 54.4 Å². The Balaban J connectivity index is 1.54. The van der Waals surface area contributed by atoms with Crippen molar-refractivity contribution < 1.29 is 4.79 Å². The van der Waals surface area contributed by atoms with Crippen LogP contribution in [0.3, 0.4) is 0 Å². The third-order valence-electron chi connectivity index (χ3n) is 3.67. The molecule has 0 unspecified atom stereocenters. The van der Waals surface area contributed by atoms with Crippen LogP contribution in [0.1, 0.15) is 16.2 Å². The summed E-state index contributed by atoms with van der Waals surface area (Å²) in [7, 11) is 0. The van der Waals surface area contributed by atoms with E-state index in [4.69, 9.17) is 0 Å². The van der Waals surface area contributed by atoms with Gasteiger partial charge in [-0.05, 0) is 37.3 Å². The van der Waals surface area contributed by atoms with Crippen LogP contribution >= 0.6 is 11.3 Å². The molecular formula is C17H13N5OS. The second-order valence-corrected chi connectivity index (χ2v) is 6.12. The Morgan fingerprint density at radius 1 is 1.17 bits per heavy atom. The highest BCUT2D eigenvalue weighted by atomic mass is 32.1. The van der Waals surface area contributed by atoms with Gasteiger partial charge in [-0.3, -0.25) is 9.36 Å². The number of pyridine rings is 1. The fourth-order valence-electron chi connectivity index (χ4n) is 2.42. The number of imidazole rings is 1. The zero-order valence-electron chi connectivity index (χ0n) is 12.8. The summed E-state index contributed by atoms with van der Waals surface area (Å²) in [6.45, 7) is 1.91. The van der Waals surface area contributed by atoms with Gasteiger partial charge in [0.1, 0.15) is 11.6 Å². The van der Waals surface area contributed by atoms with Gasteiger partial charge in [0.25, 0.3) is 5.91 Å².